The summed E-state index contributed by atoms with van der Waals surface area (Å²) in [5, 5.41) is 40.9. The van der Waals surface area contributed by atoms with Crippen molar-refractivity contribution in [3.05, 3.63) is 0 Å². The average molecular weight is 358 g/mol. The normalized spacial score (nSPS) is 7.42. The average Bonchev–Trinajstić information content (AvgIpc) is 2.32. The quantitative estimate of drug-likeness (QED) is 0.305. The summed E-state index contributed by atoms with van der Waals surface area (Å²) in [4.78, 5) is 36.0. The van der Waals surface area contributed by atoms with Crippen LogP contribution in [0.5, 0.6) is 0 Å². The van der Waals surface area contributed by atoms with Crippen LogP contribution in [0, 0.1) is 0 Å². The molecule has 146 valence electrons. The molecule has 11 heteroatoms. The van der Waals surface area contributed by atoms with Gasteiger partial charge in [-0.1, -0.05) is 0 Å². The zero-order chi connectivity index (χ0) is 20.6. The molecule has 0 unspecified atom stereocenters. The molecule has 0 amide bonds. The molecule has 24 heavy (non-hydrogen) atoms. The maximum atomic E-state index is 9.00. The molecule has 0 rings (SSSR count). The Morgan fingerprint density at radius 3 is 1.17 bits per heavy atom. The van der Waals surface area contributed by atoms with Gasteiger partial charge in [-0.3, -0.25) is 19.2 Å². The van der Waals surface area contributed by atoms with Crippen LogP contribution in [0.15, 0.2) is 0 Å². The van der Waals surface area contributed by atoms with Gasteiger partial charge in [0.2, 0.25) is 0 Å². The molecule has 0 aromatic heterocycles. The highest BCUT2D eigenvalue weighted by Gasteiger charge is 1.81. The number of aliphatic hydroxyl groups is 1. The van der Waals surface area contributed by atoms with Crippen molar-refractivity contribution in [3.63, 3.8) is 0 Å². The minimum absolute atomic E-state index is 0.213. The van der Waals surface area contributed by atoms with Crippen molar-refractivity contribution in [2.45, 2.75) is 34.1 Å². The maximum absolute atomic E-state index is 9.00. The Morgan fingerprint density at radius 2 is 1.00 bits per heavy atom. The Hall–Kier alpha value is -2.24. The highest BCUT2D eigenvalue weighted by Crippen LogP contribution is 1.66. The molecule has 0 saturated heterocycles. The van der Waals surface area contributed by atoms with E-state index < -0.39 is 23.9 Å². The molecule has 0 heterocycles. The SMILES string of the molecule is CC(=O)O.CC(=O)O.CC(=O)O.CC(=O)O.NCCCNCCO. The fourth-order valence-electron chi connectivity index (χ4n) is 0.431. The molecule has 0 aromatic carbocycles. The van der Waals surface area contributed by atoms with Gasteiger partial charge in [0.15, 0.2) is 0 Å². The molecule has 0 aromatic rings. The standard InChI is InChI=1S/C5H14N2O.4C2H4O2/c6-2-1-3-7-4-5-8;4*1-2(3)4/h7-8H,1-6H2;4*1H3,(H,3,4). The summed E-state index contributed by atoms with van der Waals surface area (Å²) in [6, 6.07) is 0. The number of nitrogens with one attached hydrogen (secondary N) is 1. The predicted octanol–water partition coefficient (Wildman–Crippen LogP) is -0.719. The number of aliphatic carboxylic acids is 4. The first kappa shape index (κ1) is 33.4. The number of nitrogens with two attached hydrogens (primary N) is 1. The summed E-state index contributed by atoms with van der Waals surface area (Å²) < 4.78 is 0. The highest BCUT2D eigenvalue weighted by molar-refractivity contribution is 5.63. The van der Waals surface area contributed by atoms with Crippen molar-refractivity contribution < 1.29 is 44.7 Å². The van der Waals surface area contributed by atoms with Gasteiger partial charge in [-0.25, -0.2) is 0 Å². The smallest absolute Gasteiger partial charge is 0.300 e. The molecule has 0 radical (unpaired) electrons. The van der Waals surface area contributed by atoms with Gasteiger partial charge >= 0.3 is 0 Å². The molecule has 0 atom stereocenters. The molecule has 0 aliphatic heterocycles. The fourth-order valence-corrected chi connectivity index (χ4v) is 0.431. The minimum Gasteiger partial charge on any atom is -0.481 e. The second kappa shape index (κ2) is 32.6. The van der Waals surface area contributed by atoms with Crippen LogP contribution in [-0.4, -0.2) is 75.7 Å². The van der Waals surface area contributed by atoms with Crippen LogP contribution < -0.4 is 11.1 Å². The Bertz CT molecular complexity index is 240. The van der Waals surface area contributed by atoms with Crippen molar-refractivity contribution in [2.24, 2.45) is 5.73 Å². The summed E-state index contributed by atoms with van der Waals surface area (Å²) in [5.74, 6) is -3.33. The number of carbonyl (C=O) groups is 4. The second-order valence-corrected chi connectivity index (χ2v) is 3.69. The van der Waals surface area contributed by atoms with E-state index in [0.29, 0.717) is 6.54 Å². The summed E-state index contributed by atoms with van der Waals surface area (Å²) in [6.07, 6.45) is 0.986. The van der Waals surface area contributed by atoms with Gasteiger partial charge in [0.25, 0.3) is 23.9 Å². The lowest BCUT2D eigenvalue weighted by atomic mass is 10.4. The molecule has 0 spiro atoms. The summed E-state index contributed by atoms with van der Waals surface area (Å²) in [5.41, 5.74) is 5.21. The zero-order valence-electron chi connectivity index (χ0n) is 14.5. The van der Waals surface area contributed by atoms with E-state index in [1.165, 1.54) is 0 Å². The predicted molar refractivity (Wildman–Crippen MR) is 86.9 cm³/mol. The van der Waals surface area contributed by atoms with Crippen molar-refractivity contribution in [2.75, 3.05) is 26.2 Å². The first-order valence-electron chi connectivity index (χ1n) is 6.64. The van der Waals surface area contributed by atoms with Crippen LogP contribution in [0.4, 0.5) is 0 Å². The third-order valence-corrected chi connectivity index (χ3v) is 0.846. The number of aliphatic hydroxyl groups excluding tert-OH is 1. The highest BCUT2D eigenvalue weighted by atomic mass is 16.4. The topological polar surface area (TPSA) is 207 Å². The van der Waals surface area contributed by atoms with Gasteiger partial charge in [-0.05, 0) is 19.5 Å². The molecular weight excluding hydrogens is 328 g/mol. The molecule has 11 nitrogen and oxygen atoms in total. The summed E-state index contributed by atoms with van der Waals surface area (Å²) in [7, 11) is 0. The lowest BCUT2D eigenvalue weighted by Gasteiger charge is -1.97. The number of rotatable bonds is 5. The van der Waals surface area contributed by atoms with Gasteiger partial charge in [0.05, 0.1) is 6.61 Å². The number of hydrogen-bond acceptors (Lipinski definition) is 7. The van der Waals surface area contributed by atoms with Gasteiger partial charge in [0, 0.05) is 34.2 Å². The molecule has 8 N–H and O–H groups in total. The van der Waals surface area contributed by atoms with E-state index >= 15 is 0 Å². The van der Waals surface area contributed by atoms with Crippen molar-refractivity contribution >= 4 is 23.9 Å². The van der Waals surface area contributed by atoms with E-state index in [4.69, 9.17) is 50.4 Å². The fraction of sp³-hybridized carbons (Fsp3) is 0.692. The number of carboxylic acid groups (broad SMARTS) is 4. The van der Waals surface area contributed by atoms with E-state index in [9.17, 15) is 0 Å². The molecule has 0 aliphatic carbocycles. The van der Waals surface area contributed by atoms with Gasteiger partial charge in [0.1, 0.15) is 0 Å². The Balaban J connectivity index is -0.0000000657. The third-order valence-electron chi connectivity index (χ3n) is 0.846. The van der Waals surface area contributed by atoms with Crippen molar-refractivity contribution in [3.8, 4) is 0 Å². The van der Waals surface area contributed by atoms with Crippen LogP contribution in [0.3, 0.4) is 0 Å². The van der Waals surface area contributed by atoms with Crippen molar-refractivity contribution in [1.82, 2.24) is 5.32 Å². The lowest BCUT2D eigenvalue weighted by molar-refractivity contribution is -0.135. The van der Waals surface area contributed by atoms with Gasteiger partial charge in [-0.15, -0.1) is 0 Å². The Morgan fingerprint density at radius 1 is 0.750 bits per heavy atom. The first-order valence-corrected chi connectivity index (χ1v) is 6.64. The van der Waals surface area contributed by atoms with E-state index in [1.54, 1.807) is 0 Å². The minimum atomic E-state index is -0.833. The monoisotopic (exact) mass is 358 g/mol. The molecule has 0 fully saturated rings. The van der Waals surface area contributed by atoms with Crippen LogP contribution in [0.2, 0.25) is 0 Å². The third kappa shape index (κ3) is 913. The summed E-state index contributed by atoms with van der Waals surface area (Å²) >= 11 is 0. The van der Waals surface area contributed by atoms with Gasteiger partial charge < -0.3 is 36.6 Å². The lowest BCUT2D eigenvalue weighted by Crippen LogP contribution is -2.21. The van der Waals surface area contributed by atoms with E-state index in [1.807, 2.05) is 0 Å². The molecule has 0 aliphatic rings. The van der Waals surface area contributed by atoms with E-state index in [-0.39, 0.29) is 6.61 Å². The first-order chi connectivity index (χ1) is 10.8. The van der Waals surface area contributed by atoms with Crippen molar-refractivity contribution in [1.29, 1.82) is 0 Å². The van der Waals surface area contributed by atoms with Crippen LogP contribution in [0.1, 0.15) is 34.1 Å². The van der Waals surface area contributed by atoms with E-state index in [0.717, 1.165) is 47.2 Å². The van der Waals surface area contributed by atoms with Crippen LogP contribution in [-0.2, 0) is 19.2 Å². The van der Waals surface area contributed by atoms with Gasteiger partial charge in [-0.2, -0.15) is 0 Å². The molecule has 0 bridgehead atoms. The maximum Gasteiger partial charge on any atom is 0.300 e. The Kier molecular flexibility index (Phi) is 45.4. The molecule has 0 saturated carbocycles. The second-order valence-electron chi connectivity index (χ2n) is 3.69. The van der Waals surface area contributed by atoms with Crippen LogP contribution in [0.25, 0.3) is 0 Å². The largest absolute Gasteiger partial charge is 0.481 e. The Labute approximate surface area is 141 Å². The number of carboxylic acids is 4. The zero-order valence-corrected chi connectivity index (χ0v) is 14.5. The van der Waals surface area contributed by atoms with E-state index in [2.05, 4.69) is 5.32 Å². The number of hydrogen-bond donors (Lipinski definition) is 7. The molecular formula is C13H30N2O9. The summed E-state index contributed by atoms with van der Waals surface area (Å²) in [6.45, 7) is 6.86. The van der Waals surface area contributed by atoms with Crippen LogP contribution >= 0.6 is 0 Å².